The van der Waals surface area contributed by atoms with Crippen LogP contribution >= 0.6 is 11.6 Å². The second-order valence-corrected chi connectivity index (χ2v) is 4.93. The molecule has 0 fully saturated rings. The van der Waals surface area contributed by atoms with E-state index < -0.39 is 11.9 Å². The molecule has 0 spiro atoms. The second-order valence-electron chi connectivity index (χ2n) is 4.49. The van der Waals surface area contributed by atoms with Crippen molar-refractivity contribution in [2.45, 2.75) is 6.42 Å². The Hall–Kier alpha value is -2.84. The first-order chi connectivity index (χ1) is 10.5. The third-order valence-electron chi connectivity index (χ3n) is 2.97. The van der Waals surface area contributed by atoms with E-state index in [0.29, 0.717) is 16.3 Å². The Bertz CT molecular complexity index is 781. The summed E-state index contributed by atoms with van der Waals surface area (Å²) < 4.78 is 0. The van der Waals surface area contributed by atoms with E-state index >= 15 is 0 Å². The number of carboxylic acid groups (broad SMARTS) is 1. The van der Waals surface area contributed by atoms with Crippen LogP contribution in [0, 0.1) is 11.3 Å². The third-order valence-corrected chi connectivity index (χ3v) is 3.21. The van der Waals surface area contributed by atoms with Crippen molar-refractivity contribution in [3.8, 4) is 6.07 Å². The van der Waals surface area contributed by atoms with Crippen LogP contribution in [0.3, 0.4) is 0 Å². The fraction of sp³-hybridized carbons (Fsp3) is 0.0625. The molecule has 0 saturated heterocycles. The van der Waals surface area contributed by atoms with Crippen LogP contribution in [0.1, 0.15) is 21.5 Å². The highest BCUT2D eigenvalue weighted by molar-refractivity contribution is 6.30. The minimum atomic E-state index is -1.09. The predicted molar refractivity (Wildman–Crippen MR) is 81.9 cm³/mol. The topological polar surface area (TPSA) is 90.2 Å². The van der Waals surface area contributed by atoms with E-state index in [0.717, 1.165) is 0 Å². The number of nitrogens with one attached hydrogen (secondary N) is 1. The number of carbonyl (C=O) groups is 2. The molecular formula is C16H11ClN2O3. The van der Waals surface area contributed by atoms with E-state index in [4.69, 9.17) is 22.0 Å². The molecule has 2 N–H and O–H groups in total. The van der Waals surface area contributed by atoms with Gasteiger partial charge >= 0.3 is 5.97 Å². The van der Waals surface area contributed by atoms with Gasteiger partial charge in [0.2, 0.25) is 5.91 Å². The number of amides is 1. The highest BCUT2D eigenvalue weighted by Crippen LogP contribution is 2.20. The summed E-state index contributed by atoms with van der Waals surface area (Å²) in [4.78, 5) is 23.2. The van der Waals surface area contributed by atoms with Crippen LogP contribution in [-0.2, 0) is 11.2 Å². The number of hydrogen-bond acceptors (Lipinski definition) is 3. The van der Waals surface area contributed by atoms with Crippen LogP contribution in [0.5, 0.6) is 0 Å². The van der Waals surface area contributed by atoms with Crippen LogP contribution in [0.4, 0.5) is 5.69 Å². The molecule has 0 bridgehead atoms. The Balaban J connectivity index is 2.18. The summed E-state index contributed by atoms with van der Waals surface area (Å²) in [5.41, 5.74) is 1.06. The fourth-order valence-corrected chi connectivity index (χ4v) is 2.14. The zero-order valence-electron chi connectivity index (χ0n) is 11.3. The van der Waals surface area contributed by atoms with Gasteiger partial charge in [-0.3, -0.25) is 4.79 Å². The molecule has 0 aromatic heterocycles. The highest BCUT2D eigenvalue weighted by atomic mass is 35.5. The number of anilines is 1. The Morgan fingerprint density at radius 2 is 1.95 bits per heavy atom. The Morgan fingerprint density at radius 1 is 1.23 bits per heavy atom. The van der Waals surface area contributed by atoms with Crippen molar-refractivity contribution in [1.82, 2.24) is 0 Å². The van der Waals surface area contributed by atoms with E-state index in [-0.39, 0.29) is 17.5 Å². The highest BCUT2D eigenvalue weighted by Gasteiger charge is 2.13. The lowest BCUT2D eigenvalue weighted by atomic mass is 10.0. The van der Waals surface area contributed by atoms with Gasteiger partial charge in [0.15, 0.2) is 0 Å². The number of halogens is 1. The smallest absolute Gasteiger partial charge is 0.335 e. The van der Waals surface area contributed by atoms with E-state index in [1.54, 1.807) is 24.3 Å². The summed E-state index contributed by atoms with van der Waals surface area (Å²) in [6.07, 6.45) is -0.101. The Morgan fingerprint density at radius 3 is 2.64 bits per heavy atom. The molecule has 2 aromatic carbocycles. The number of nitrogens with zero attached hydrogens (tertiary/aromatic N) is 1. The van der Waals surface area contributed by atoms with Crippen LogP contribution < -0.4 is 5.32 Å². The molecule has 0 heterocycles. The van der Waals surface area contributed by atoms with Crippen LogP contribution in [0.15, 0.2) is 42.5 Å². The SMILES string of the molecule is N#Cc1cc(Cl)ccc1NC(=O)Cc1ccccc1C(=O)O. The molecule has 22 heavy (non-hydrogen) atoms. The number of nitriles is 1. The second kappa shape index (κ2) is 6.74. The summed E-state index contributed by atoms with van der Waals surface area (Å²) in [7, 11) is 0. The van der Waals surface area contributed by atoms with Crippen LogP contribution in [-0.4, -0.2) is 17.0 Å². The molecule has 0 aliphatic rings. The molecule has 1 amide bonds. The maximum absolute atomic E-state index is 12.1. The van der Waals surface area contributed by atoms with Crippen molar-refractivity contribution in [3.63, 3.8) is 0 Å². The van der Waals surface area contributed by atoms with Gasteiger partial charge in [0.05, 0.1) is 23.2 Å². The van der Waals surface area contributed by atoms with Crippen molar-refractivity contribution in [1.29, 1.82) is 5.26 Å². The lowest BCUT2D eigenvalue weighted by molar-refractivity contribution is -0.115. The first kappa shape index (κ1) is 15.5. The fourth-order valence-electron chi connectivity index (χ4n) is 1.97. The molecule has 0 saturated carbocycles. The molecule has 0 unspecified atom stereocenters. The Kier molecular flexibility index (Phi) is 4.77. The molecule has 2 aromatic rings. The number of hydrogen-bond donors (Lipinski definition) is 2. The lowest BCUT2D eigenvalue weighted by Crippen LogP contribution is -2.17. The quantitative estimate of drug-likeness (QED) is 0.907. The van der Waals surface area contributed by atoms with Crippen molar-refractivity contribution in [2.24, 2.45) is 0 Å². The van der Waals surface area contributed by atoms with Gasteiger partial charge in [0.25, 0.3) is 0 Å². The number of rotatable bonds is 4. The molecule has 0 radical (unpaired) electrons. The average Bonchev–Trinajstić information content (AvgIpc) is 2.49. The molecule has 6 heteroatoms. The van der Waals surface area contributed by atoms with Gasteiger partial charge in [0, 0.05) is 5.02 Å². The maximum atomic E-state index is 12.1. The van der Waals surface area contributed by atoms with Crippen LogP contribution in [0.25, 0.3) is 0 Å². The largest absolute Gasteiger partial charge is 0.478 e. The standard InChI is InChI=1S/C16H11ClN2O3/c17-12-5-6-14(11(7-12)9-18)19-15(20)8-10-3-1-2-4-13(10)16(21)22/h1-7H,8H2,(H,19,20)(H,21,22). The summed E-state index contributed by atoms with van der Waals surface area (Å²) >= 11 is 5.79. The maximum Gasteiger partial charge on any atom is 0.335 e. The van der Waals surface area contributed by atoms with Crippen molar-refractivity contribution in [3.05, 3.63) is 64.2 Å². The summed E-state index contributed by atoms with van der Waals surface area (Å²) in [6.45, 7) is 0. The van der Waals surface area contributed by atoms with Crippen molar-refractivity contribution >= 4 is 29.2 Å². The first-order valence-corrected chi connectivity index (χ1v) is 6.69. The Labute approximate surface area is 131 Å². The zero-order chi connectivity index (χ0) is 16.1. The minimum Gasteiger partial charge on any atom is -0.478 e. The van der Waals surface area contributed by atoms with Gasteiger partial charge in [-0.2, -0.15) is 5.26 Å². The van der Waals surface area contributed by atoms with Gasteiger partial charge in [0.1, 0.15) is 6.07 Å². The zero-order valence-corrected chi connectivity index (χ0v) is 12.1. The molecule has 5 nitrogen and oxygen atoms in total. The molecular weight excluding hydrogens is 304 g/mol. The normalized spacial score (nSPS) is 9.82. The summed E-state index contributed by atoms with van der Waals surface area (Å²) in [5, 5.41) is 21.1. The lowest BCUT2D eigenvalue weighted by Gasteiger charge is -2.09. The van der Waals surface area contributed by atoms with E-state index in [1.165, 1.54) is 18.2 Å². The summed E-state index contributed by atoms with van der Waals surface area (Å²) in [6, 6.07) is 12.8. The molecule has 0 aliphatic carbocycles. The van der Waals surface area contributed by atoms with Crippen molar-refractivity contribution < 1.29 is 14.7 Å². The van der Waals surface area contributed by atoms with E-state index in [2.05, 4.69) is 5.32 Å². The van der Waals surface area contributed by atoms with Gasteiger partial charge in [-0.1, -0.05) is 29.8 Å². The minimum absolute atomic E-state index is 0.0780. The third kappa shape index (κ3) is 3.62. The molecule has 0 atom stereocenters. The van der Waals surface area contributed by atoms with Gasteiger partial charge in [-0.15, -0.1) is 0 Å². The van der Waals surface area contributed by atoms with Gasteiger partial charge in [-0.05, 0) is 29.8 Å². The monoisotopic (exact) mass is 314 g/mol. The molecule has 0 aliphatic heterocycles. The predicted octanol–water partition coefficient (Wildman–Crippen LogP) is 3.09. The van der Waals surface area contributed by atoms with Gasteiger partial charge in [-0.25, -0.2) is 4.79 Å². The first-order valence-electron chi connectivity index (χ1n) is 6.32. The summed E-state index contributed by atoms with van der Waals surface area (Å²) in [5.74, 6) is -1.50. The van der Waals surface area contributed by atoms with E-state index in [1.807, 2.05) is 6.07 Å². The number of aromatic carboxylic acids is 1. The van der Waals surface area contributed by atoms with Crippen LogP contribution in [0.2, 0.25) is 5.02 Å². The number of carbonyl (C=O) groups excluding carboxylic acids is 1. The van der Waals surface area contributed by atoms with Gasteiger partial charge < -0.3 is 10.4 Å². The average molecular weight is 315 g/mol. The molecule has 2 rings (SSSR count). The van der Waals surface area contributed by atoms with E-state index in [9.17, 15) is 9.59 Å². The number of carboxylic acids is 1. The van der Waals surface area contributed by atoms with Crippen molar-refractivity contribution in [2.75, 3.05) is 5.32 Å². The molecule has 110 valence electrons. The number of benzene rings is 2.